The Balaban J connectivity index is 1.67. The smallest absolute Gasteiger partial charge is 0.0632 e. The first-order valence-corrected chi connectivity index (χ1v) is 11.0. The zero-order valence-corrected chi connectivity index (χ0v) is 16.6. The van der Waals surface area contributed by atoms with E-state index in [-0.39, 0.29) is 17.6 Å². The van der Waals surface area contributed by atoms with E-state index in [1.807, 2.05) is 0 Å². The highest BCUT2D eigenvalue weighted by Crippen LogP contribution is 2.65. The molecule has 0 aromatic carbocycles. The highest BCUT2D eigenvalue weighted by atomic mass is 127. The van der Waals surface area contributed by atoms with Crippen LogP contribution in [0.1, 0.15) is 58.8 Å². The number of fused-ring (bicyclic) bond motifs is 5. The molecule has 0 aromatic rings. The Morgan fingerprint density at radius 1 is 1.17 bits per heavy atom. The highest BCUT2D eigenvalue weighted by Gasteiger charge is 2.60. The molecule has 0 heterocycles. The quantitative estimate of drug-likeness (QED) is 0.369. The Kier molecular flexibility index (Phi) is 4.17. The molecule has 3 fully saturated rings. The van der Waals surface area contributed by atoms with E-state index in [2.05, 4.69) is 42.5 Å². The van der Waals surface area contributed by atoms with Gasteiger partial charge >= 0.3 is 0 Å². The van der Waals surface area contributed by atoms with Crippen molar-refractivity contribution in [2.75, 3.05) is 4.43 Å². The van der Waals surface area contributed by atoms with Crippen LogP contribution in [0, 0.1) is 34.5 Å². The van der Waals surface area contributed by atoms with Gasteiger partial charge in [0.1, 0.15) is 0 Å². The second-order valence-corrected chi connectivity index (χ2v) is 10.2. The van der Waals surface area contributed by atoms with Crippen LogP contribution in [-0.4, -0.2) is 26.8 Å². The molecule has 0 aliphatic heterocycles. The van der Waals surface area contributed by atoms with Crippen LogP contribution >= 0.6 is 22.6 Å². The summed E-state index contributed by atoms with van der Waals surface area (Å²) in [4.78, 5) is 0. The fourth-order valence-electron chi connectivity index (χ4n) is 6.94. The second-order valence-electron chi connectivity index (χ2n) is 9.30. The van der Waals surface area contributed by atoms with Gasteiger partial charge in [0.2, 0.25) is 0 Å². The van der Waals surface area contributed by atoms with E-state index in [1.165, 1.54) is 25.7 Å². The summed E-state index contributed by atoms with van der Waals surface area (Å²) in [5, 5.41) is 21.0. The van der Waals surface area contributed by atoms with Gasteiger partial charge in [0.25, 0.3) is 0 Å². The molecule has 23 heavy (non-hydrogen) atoms. The van der Waals surface area contributed by atoms with Crippen molar-refractivity contribution in [1.82, 2.24) is 0 Å². The number of aliphatic hydroxyl groups excluding tert-OH is 2. The standard InChI is InChI=1S/C20H31IO2/c1-19-7-5-14(22)10-13(19)3-4-15-16(19)6-8-20(2)17(15)9-12(11-21)18(20)23/h3,12,14-18,22-23H,4-11H2,1-2H3/t12-,14-,15+,16-,17-,18-,19-,20+/m0/s1. The van der Waals surface area contributed by atoms with Gasteiger partial charge in [0.05, 0.1) is 12.2 Å². The molecule has 0 radical (unpaired) electrons. The lowest BCUT2D eigenvalue weighted by Crippen LogP contribution is -2.51. The summed E-state index contributed by atoms with van der Waals surface area (Å²) >= 11 is 2.47. The summed E-state index contributed by atoms with van der Waals surface area (Å²) in [5.41, 5.74) is 2.01. The van der Waals surface area contributed by atoms with Gasteiger partial charge in [-0.3, -0.25) is 0 Å². The maximum atomic E-state index is 10.9. The summed E-state index contributed by atoms with van der Waals surface area (Å²) in [7, 11) is 0. The van der Waals surface area contributed by atoms with Crippen molar-refractivity contribution in [3.05, 3.63) is 11.6 Å². The first-order chi connectivity index (χ1) is 10.9. The van der Waals surface area contributed by atoms with E-state index in [0.717, 1.165) is 35.5 Å². The van der Waals surface area contributed by atoms with Gasteiger partial charge in [-0.1, -0.05) is 48.1 Å². The van der Waals surface area contributed by atoms with E-state index < -0.39 is 0 Å². The van der Waals surface area contributed by atoms with Crippen LogP contribution in [0.15, 0.2) is 11.6 Å². The maximum Gasteiger partial charge on any atom is 0.0632 e. The maximum absolute atomic E-state index is 10.9. The Hall–Kier alpha value is 0.390. The van der Waals surface area contributed by atoms with E-state index in [1.54, 1.807) is 5.57 Å². The minimum absolute atomic E-state index is 0.100. The normalized spacial score (nSPS) is 55.6. The Morgan fingerprint density at radius 3 is 2.70 bits per heavy atom. The third-order valence-electron chi connectivity index (χ3n) is 8.39. The number of allylic oxidation sites excluding steroid dienone is 1. The number of aliphatic hydroxyl groups is 2. The predicted molar refractivity (Wildman–Crippen MR) is 101 cm³/mol. The Bertz CT molecular complexity index is 518. The second kappa shape index (κ2) is 5.70. The zero-order chi connectivity index (χ0) is 16.4. The van der Waals surface area contributed by atoms with Gasteiger partial charge in [0, 0.05) is 4.43 Å². The van der Waals surface area contributed by atoms with Crippen LogP contribution in [0.25, 0.3) is 0 Å². The number of alkyl halides is 1. The molecule has 130 valence electrons. The first kappa shape index (κ1) is 16.8. The topological polar surface area (TPSA) is 40.5 Å². The molecule has 4 rings (SSSR count). The van der Waals surface area contributed by atoms with Crippen LogP contribution in [-0.2, 0) is 0 Å². The SMILES string of the molecule is C[C@@]12CC[C@H]3[C@@H](CC=C4C[C@@H](O)CC[C@@]43C)[C@@H]1C[C@@H](CI)[C@@H]2O. The molecule has 0 amide bonds. The first-order valence-electron chi connectivity index (χ1n) is 9.52. The predicted octanol–water partition coefficient (Wildman–Crippen LogP) is 4.33. The van der Waals surface area contributed by atoms with Gasteiger partial charge in [-0.25, -0.2) is 0 Å². The average Bonchev–Trinajstić information content (AvgIpc) is 2.79. The van der Waals surface area contributed by atoms with Gasteiger partial charge in [-0.2, -0.15) is 0 Å². The van der Waals surface area contributed by atoms with Gasteiger partial charge in [-0.05, 0) is 79.4 Å². The fourth-order valence-corrected chi connectivity index (χ4v) is 7.78. The van der Waals surface area contributed by atoms with Gasteiger partial charge in [0.15, 0.2) is 0 Å². The van der Waals surface area contributed by atoms with Gasteiger partial charge in [-0.15, -0.1) is 0 Å². The van der Waals surface area contributed by atoms with Crippen molar-refractivity contribution in [2.45, 2.75) is 71.0 Å². The third-order valence-corrected chi connectivity index (χ3v) is 9.52. The number of hydrogen-bond donors (Lipinski definition) is 2. The highest BCUT2D eigenvalue weighted by molar-refractivity contribution is 14.1. The largest absolute Gasteiger partial charge is 0.393 e. The van der Waals surface area contributed by atoms with Crippen molar-refractivity contribution < 1.29 is 10.2 Å². The average molecular weight is 430 g/mol. The van der Waals surface area contributed by atoms with Crippen molar-refractivity contribution >= 4 is 22.6 Å². The van der Waals surface area contributed by atoms with E-state index >= 15 is 0 Å². The molecule has 3 saturated carbocycles. The lowest BCUT2D eigenvalue weighted by atomic mass is 9.48. The lowest BCUT2D eigenvalue weighted by Gasteiger charge is -2.57. The summed E-state index contributed by atoms with van der Waals surface area (Å²) in [6.07, 6.45) is 10.2. The van der Waals surface area contributed by atoms with Crippen LogP contribution in [0.3, 0.4) is 0 Å². The summed E-state index contributed by atoms with van der Waals surface area (Å²) in [6.45, 7) is 4.85. The van der Waals surface area contributed by atoms with Crippen molar-refractivity contribution in [3.63, 3.8) is 0 Å². The molecule has 2 nitrogen and oxygen atoms in total. The minimum atomic E-state index is -0.114. The van der Waals surface area contributed by atoms with Gasteiger partial charge < -0.3 is 10.2 Å². The molecule has 8 atom stereocenters. The molecule has 4 aliphatic rings. The monoisotopic (exact) mass is 430 g/mol. The van der Waals surface area contributed by atoms with E-state index in [9.17, 15) is 10.2 Å². The lowest BCUT2D eigenvalue weighted by molar-refractivity contribution is -0.0741. The minimum Gasteiger partial charge on any atom is -0.393 e. The molecule has 0 saturated heterocycles. The van der Waals surface area contributed by atoms with Crippen LogP contribution in [0.2, 0.25) is 0 Å². The molecule has 2 N–H and O–H groups in total. The summed E-state index contributed by atoms with van der Waals surface area (Å²) < 4.78 is 1.09. The molecule has 3 heteroatoms. The number of hydrogen-bond acceptors (Lipinski definition) is 2. The molecule has 4 aliphatic carbocycles. The number of halogens is 1. The van der Waals surface area contributed by atoms with E-state index in [4.69, 9.17) is 0 Å². The molecular formula is C20H31IO2. The Morgan fingerprint density at radius 2 is 1.96 bits per heavy atom. The fraction of sp³-hybridized carbons (Fsp3) is 0.900. The van der Waals surface area contributed by atoms with Crippen LogP contribution < -0.4 is 0 Å². The van der Waals surface area contributed by atoms with Crippen molar-refractivity contribution in [1.29, 1.82) is 0 Å². The molecule has 0 aromatic heterocycles. The number of rotatable bonds is 1. The molecular weight excluding hydrogens is 399 g/mol. The van der Waals surface area contributed by atoms with Crippen molar-refractivity contribution in [2.24, 2.45) is 34.5 Å². The summed E-state index contributed by atoms with van der Waals surface area (Å²) in [5.74, 6) is 2.71. The summed E-state index contributed by atoms with van der Waals surface area (Å²) in [6, 6.07) is 0. The van der Waals surface area contributed by atoms with Crippen LogP contribution in [0.4, 0.5) is 0 Å². The zero-order valence-electron chi connectivity index (χ0n) is 14.5. The molecule has 0 bridgehead atoms. The van der Waals surface area contributed by atoms with E-state index in [0.29, 0.717) is 17.3 Å². The Labute approximate surface area is 154 Å². The molecule has 0 unspecified atom stereocenters. The van der Waals surface area contributed by atoms with Crippen molar-refractivity contribution in [3.8, 4) is 0 Å². The van der Waals surface area contributed by atoms with Crippen LogP contribution in [0.5, 0.6) is 0 Å². The third kappa shape index (κ3) is 2.32. The molecule has 0 spiro atoms.